The second-order valence-electron chi connectivity index (χ2n) is 4.20. The molecular formula is C12H21NO3S. The smallest absolute Gasteiger partial charge is 0.307 e. The van der Waals surface area contributed by atoms with E-state index in [1.54, 1.807) is 11.8 Å². The van der Waals surface area contributed by atoms with Crippen LogP contribution in [0.25, 0.3) is 0 Å². The van der Waals surface area contributed by atoms with Gasteiger partial charge in [0, 0.05) is 24.5 Å². The molecule has 4 nitrogen and oxygen atoms in total. The second-order valence-corrected chi connectivity index (χ2v) is 5.35. The van der Waals surface area contributed by atoms with E-state index in [9.17, 15) is 9.59 Å². The van der Waals surface area contributed by atoms with Gasteiger partial charge in [-0.05, 0) is 6.42 Å². The average Bonchev–Trinajstić information content (AvgIpc) is 2.36. The van der Waals surface area contributed by atoms with E-state index >= 15 is 0 Å². The van der Waals surface area contributed by atoms with Gasteiger partial charge in [0.25, 0.3) is 0 Å². The maximum Gasteiger partial charge on any atom is 0.307 e. The van der Waals surface area contributed by atoms with E-state index in [1.807, 2.05) is 4.90 Å². The molecule has 1 atom stereocenters. The van der Waals surface area contributed by atoms with Crippen LogP contribution in [0, 0.1) is 0 Å². The number of nitrogens with zero attached hydrogens (tertiary/aromatic N) is 1. The normalized spacial score (nSPS) is 20.1. The fraction of sp³-hybridized carbons (Fsp3) is 0.833. The van der Waals surface area contributed by atoms with Crippen molar-refractivity contribution in [2.24, 2.45) is 0 Å². The zero-order valence-electron chi connectivity index (χ0n) is 10.6. The number of ether oxygens (including phenoxy) is 1. The molecule has 0 bridgehead atoms. The zero-order valence-corrected chi connectivity index (χ0v) is 11.4. The summed E-state index contributed by atoms with van der Waals surface area (Å²) in [5.74, 6) is 1.76. The highest BCUT2D eigenvalue weighted by atomic mass is 32.2. The Kier molecular flexibility index (Phi) is 6.40. The number of methoxy groups -OCH3 is 1. The predicted octanol–water partition coefficient (Wildman–Crippen LogP) is 1.68. The minimum absolute atomic E-state index is 0.0190. The van der Waals surface area contributed by atoms with Crippen LogP contribution in [0.5, 0.6) is 0 Å². The third-order valence-electron chi connectivity index (χ3n) is 2.92. The van der Waals surface area contributed by atoms with Gasteiger partial charge in [-0.1, -0.05) is 13.3 Å². The Morgan fingerprint density at radius 1 is 1.47 bits per heavy atom. The summed E-state index contributed by atoms with van der Waals surface area (Å²) in [5.41, 5.74) is 0. The molecule has 1 fully saturated rings. The van der Waals surface area contributed by atoms with Crippen molar-refractivity contribution in [1.29, 1.82) is 0 Å². The third kappa shape index (κ3) is 4.58. The van der Waals surface area contributed by atoms with Crippen LogP contribution in [0.4, 0.5) is 0 Å². The van der Waals surface area contributed by atoms with Crippen molar-refractivity contribution >= 4 is 23.6 Å². The Labute approximate surface area is 107 Å². The van der Waals surface area contributed by atoms with E-state index in [0.29, 0.717) is 12.8 Å². The van der Waals surface area contributed by atoms with E-state index in [2.05, 4.69) is 11.7 Å². The van der Waals surface area contributed by atoms with Crippen LogP contribution in [-0.2, 0) is 14.3 Å². The SMILES string of the molecule is CCCCC(=O)N1CCSCC1CC(=O)OC. The Morgan fingerprint density at radius 2 is 2.24 bits per heavy atom. The molecule has 0 aromatic rings. The average molecular weight is 259 g/mol. The molecule has 0 spiro atoms. The summed E-state index contributed by atoms with van der Waals surface area (Å²) in [7, 11) is 1.39. The molecule has 17 heavy (non-hydrogen) atoms. The van der Waals surface area contributed by atoms with Crippen LogP contribution in [-0.4, -0.2) is 48.0 Å². The van der Waals surface area contributed by atoms with Gasteiger partial charge in [0.05, 0.1) is 19.6 Å². The molecule has 1 amide bonds. The van der Waals surface area contributed by atoms with E-state index in [1.165, 1.54) is 7.11 Å². The van der Waals surface area contributed by atoms with Crippen LogP contribution in [0.3, 0.4) is 0 Å². The van der Waals surface area contributed by atoms with E-state index in [0.717, 1.165) is 30.9 Å². The summed E-state index contributed by atoms with van der Waals surface area (Å²) in [4.78, 5) is 25.2. The van der Waals surface area contributed by atoms with Crippen LogP contribution in [0.1, 0.15) is 32.6 Å². The molecule has 0 N–H and O–H groups in total. The van der Waals surface area contributed by atoms with Gasteiger partial charge in [-0.25, -0.2) is 0 Å². The quantitative estimate of drug-likeness (QED) is 0.705. The fourth-order valence-corrected chi connectivity index (χ4v) is 2.96. The van der Waals surface area contributed by atoms with Crippen molar-refractivity contribution in [3.8, 4) is 0 Å². The van der Waals surface area contributed by atoms with Crippen LogP contribution >= 0.6 is 11.8 Å². The lowest BCUT2D eigenvalue weighted by molar-refractivity contribution is -0.143. The Balaban J connectivity index is 2.52. The molecule has 1 saturated heterocycles. The highest BCUT2D eigenvalue weighted by Crippen LogP contribution is 2.20. The molecule has 0 radical (unpaired) electrons. The molecule has 0 saturated carbocycles. The number of unbranched alkanes of at least 4 members (excludes halogenated alkanes) is 1. The molecule has 5 heteroatoms. The molecule has 98 valence electrons. The first-order chi connectivity index (χ1) is 8.19. The van der Waals surface area contributed by atoms with Crippen molar-refractivity contribution in [1.82, 2.24) is 4.90 Å². The van der Waals surface area contributed by atoms with Gasteiger partial charge >= 0.3 is 5.97 Å². The topological polar surface area (TPSA) is 46.6 Å². The molecule has 1 aliphatic rings. The van der Waals surface area contributed by atoms with Gasteiger partial charge in [0.1, 0.15) is 0 Å². The second kappa shape index (κ2) is 7.58. The Hall–Kier alpha value is -0.710. The molecule has 1 heterocycles. The standard InChI is InChI=1S/C12H21NO3S/c1-3-4-5-11(14)13-6-7-17-9-10(13)8-12(15)16-2/h10H,3-9H2,1-2H3. The summed E-state index contributed by atoms with van der Waals surface area (Å²) in [5, 5.41) is 0. The highest BCUT2D eigenvalue weighted by molar-refractivity contribution is 7.99. The largest absolute Gasteiger partial charge is 0.469 e. The van der Waals surface area contributed by atoms with Crippen molar-refractivity contribution < 1.29 is 14.3 Å². The number of thioether (sulfide) groups is 1. The summed E-state index contributed by atoms with van der Waals surface area (Å²) in [6, 6.07) is 0.0190. The number of hydrogen-bond donors (Lipinski definition) is 0. The van der Waals surface area contributed by atoms with Gasteiger partial charge in [0.2, 0.25) is 5.91 Å². The number of esters is 1. The van der Waals surface area contributed by atoms with Crippen LogP contribution < -0.4 is 0 Å². The maximum absolute atomic E-state index is 12.0. The van der Waals surface area contributed by atoms with Crippen molar-refractivity contribution in [2.45, 2.75) is 38.6 Å². The lowest BCUT2D eigenvalue weighted by atomic mass is 10.1. The van der Waals surface area contributed by atoms with E-state index < -0.39 is 0 Å². The van der Waals surface area contributed by atoms with Crippen LogP contribution in [0.2, 0.25) is 0 Å². The number of rotatable bonds is 5. The summed E-state index contributed by atoms with van der Waals surface area (Å²) in [6.07, 6.45) is 2.86. The summed E-state index contributed by atoms with van der Waals surface area (Å²) < 4.78 is 4.68. The lowest BCUT2D eigenvalue weighted by Crippen LogP contribution is -2.47. The molecular weight excluding hydrogens is 238 g/mol. The number of hydrogen-bond acceptors (Lipinski definition) is 4. The van der Waals surface area contributed by atoms with Gasteiger partial charge < -0.3 is 9.64 Å². The third-order valence-corrected chi connectivity index (χ3v) is 4.01. The Morgan fingerprint density at radius 3 is 2.88 bits per heavy atom. The van der Waals surface area contributed by atoms with E-state index in [-0.39, 0.29) is 17.9 Å². The summed E-state index contributed by atoms with van der Waals surface area (Å²) >= 11 is 1.80. The summed E-state index contributed by atoms with van der Waals surface area (Å²) in [6.45, 7) is 2.83. The first kappa shape index (κ1) is 14.4. The van der Waals surface area contributed by atoms with Crippen molar-refractivity contribution in [3.63, 3.8) is 0 Å². The number of carbonyl (C=O) groups excluding carboxylic acids is 2. The maximum atomic E-state index is 12.0. The van der Waals surface area contributed by atoms with Gasteiger partial charge in [-0.3, -0.25) is 9.59 Å². The first-order valence-corrected chi connectivity index (χ1v) is 7.28. The molecule has 1 rings (SSSR count). The fourth-order valence-electron chi connectivity index (χ4n) is 1.90. The van der Waals surface area contributed by atoms with Crippen molar-refractivity contribution in [3.05, 3.63) is 0 Å². The lowest BCUT2D eigenvalue weighted by Gasteiger charge is -2.35. The van der Waals surface area contributed by atoms with Crippen molar-refractivity contribution in [2.75, 3.05) is 25.2 Å². The van der Waals surface area contributed by atoms with Gasteiger partial charge in [-0.15, -0.1) is 0 Å². The van der Waals surface area contributed by atoms with Gasteiger partial charge in [0.15, 0.2) is 0 Å². The number of carbonyl (C=O) groups is 2. The Bertz CT molecular complexity index is 270. The number of amides is 1. The van der Waals surface area contributed by atoms with E-state index in [4.69, 9.17) is 0 Å². The first-order valence-electron chi connectivity index (χ1n) is 6.13. The molecule has 0 aliphatic carbocycles. The minimum atomic E-state index is -0.231. The van der Waals surface area contributed by atoms with Gasteiger partial charge in [-0.2, -0.15) is 11.8 Å². The minimum Gasteiger partial charge on any atom is -0.469 e. The highest BCUT2D eigenvalue weighted by Gasteiger charge is 2.28. The monoisotopic (exact) mass is 259 g/mol. The molecule has 0 aromatic heterocycles. The predicted molar refractivity (Wildman–Crippen MR) is 69.0 cm³/mol. The molecule has 0 aromatic carbocycles. The molecule has 1 aliphatic heterocycles. The zero-order chi connectivity index (χ0) is 12.7. The van der Waals surface area contributed by atoms with Crippen LogP contribution in [0.15, 0.2) is 0 Å². The molecule has 1 unspecified atom stereocenters.